The number of furan rings is 1. The number of nitrogens with one attached hydrogen (secondary N) is 3. The summed E-state index contributed by atoms with van der Waals surface area (Å²) in [4.78, 5) is 12.2. The van der Waals surface area contributed by atoms with Crippen LogP contribution in [0, 0.1) is 5.41 Å². The SMILES string of the molecule is CSC(=N)c1cccc(NC(=O)Nc2cccc3ccoc23)c1. The number of amides is 2. The third-order valence-corrected chi connectivity index (χ3v) is 3.96. The molecule has 0 bridgehead atoms. The van der Waals surface area contributed by atoms with Gasteiger partial charge in [0.2, 0.25) is 0 Å². The van der Waals surface area contributed by atoms with Crippen LogP contribution in [0.15, 0.2) is 59.2 Å². The summed E-state index contributed by atoms with van der Waals surface area (Å²) in [5.41, 5.74) is 2.65. The molecule has 116 valence electrons. The molecule has 2 amide bonds. The minimum Gasteiger partial charge on any atom is -0.462 e. The van der Waals surface area contributed by atoms with Gasteiger partial charge >= 0.3 is 6.03 Å². The van der Waals surface area contributed by atoms with Crippen molar-refractivity contribution in [1.82, 2.24) is 0 Å². The number of thioether (sulfide) groups is 1. The average molecular weight is 325 g/mol. The van der Waals surface area contributed by atoms with E-state index in [1.54, 1.807) is 24.5 Å². The highest BCUT2D eigenvalue weighted by atomic mass is 32.2. The van der Waals surface area contributed by atoms with Crippen LogP contribution >= 0.6 is 11.8 Å². The third kappa shape index (κ3) is 3.37. The van der Waals surface area contributed by atoms with Gasteiger partial charge in [0.1, 0.15) is 0 Å². The van der Waals surface area contributed by atoms with E-state index < -0.39 is 0 Å². The zero-order valence-electron chi connectivity index (χ0n) is 12.4. The molecule has 0 aliphatic rings. The fourth-order valence-electron chi connectivity index (χ4n) is 2.23. The van der Waals surface area contributed by atoms with Gasteiger partial charge in [0.15, 0.2) is 5.58 Å². The first-order chi connectivity index (χ1) is 11.2. The number of urea groups is 1. The van der Waals surface area contributed by atoms with E-state index in [4.69, 9.17) is 9.83 Å². The lowest BCUT2D eigenvalue weighted by molar-refractivity contribution is 0.262. The predicted octanol–water partition coefficient (Wildman–Crippen LogP) is 4.77. The van der Waals surface area contributed by atoms with Crippen molar-refractivity contribution in [3.8, 4) is 0 Å². The Labute approximate surface area is 137 Å². The van der Waals surface area contributed by atoms with Gasteiger partial charge in [-0.3, -0.25) is 5.41 Å². The molecule has 1 heterocycles. The molecular weight excluding hydrogens is 310 g/mol. The van der Waals surface area contributed by atoms with Crippen LogP contribution in [0.4, 0.5) is 16.2 Å². The second kappa shape index (κ2) is 6.58. The topological polar surface area (TPSA) is 78.1 Å². The van der Waals surface area contributed by atoms with Gasteiger partial charge in [0, 0.05) is 16.6 Å². The van der Waals surface area contributed by atoms with Crippen molar-refractivity contribution in [2.24, 2.45) is 0 Å². The second-order valence-corrected chi connectivity index (χ2v) is 5.65. The van der Waals surface area contributed by atoms with E-state index in [-0.39, 0.29) is 6.03 Å². The number of hydrogen-bond donors (Lipinski definition) is 3. The Hall–Kier alpha value is -2.73. The van der Waals surface area contributed by atoms with E-state index in [0.717, 1.165) is 10.9 Å². The Morgan fingerprint density at radius 2 is 1.96 bits per heavy atom. The fraction of sp³-hybridized carbons (Fsp3) is 0.0588. The first-order valence-corrected chi connectivity index (χ1v) is 8.17. The van der Waals surface area contributed by atoms with Crippen LogP contribution in [0.2, 0.25) is 0 Å². The summed E-state index contributed by atoms with van der Waals surface area (Å²) in [5, 5.41) is 14.8. The summed E-state index contributed by atoms with van der Waals surface area (Å²) in [7, 11) is 0. The molecule has 3 rings (SSSR count). The highest BCUT2D eigenvalue weighted by molar-refractivity contribution is 8.13. The smallest absolute Gasteiger partial charge is 0.323 e. The van der Waals surface area contributed by atoms with Crippen LogP contribution in [0.5, 0.6) is 0 Å². The van der Waals surface area contributed by atoms with E-state index in [9.17, 15) is 4.79 Å². The minimum atomic E-state index is -0.360. The summed E-state index contributed by atoms with van der Waals surface area (Å²) in [6.45, 7) is 0. The number of anilines is 2. The van der Waals surface area contributed by atoms with Crippen molar-refractivity contribution in [1.29, 1.82) is 5.41 Å². The van der Waals surface area contributed by atoms with Crippen LogP contribution in [0.25, 0.3) is 11.0 Å². The lowest BCUT2D eigenvalue weighted by atomic mass is 10.2. The largest absolute Gasteiger partial charge is 0.462 e. The molecule has 1 aromatic heterocycles. The number of para-hydroxylation sites is 1. The second-order valence-electron chi connectivity index (χ2n) is 4.84. The highest BCUT2D eigenvalue weighted by Crippen LogP contribution is 2.24. The highest BCUT2D eigenvalue weighted by Gasteiger charge is 2.09. The molecule has 0 saturated carbocycles. The molecule has 6 heteroatoms. The van der Waals surface area contributed by atoms with Crippen LogP contribution in [0.1, 0.15) is 5.56 Å². The third-order valence-electron chi connectivity index (χ3n) is 3.31. The summed E-state index contributed by atoms with van der Waals surface area (Å²) >= 11 is 1.35. The summed E-state index contributed by atoms with van der Waals surface area (Å²) in [6.07, 6.45) is 3.43. The monoisotopic (exact) mass is 325 g/mol. The van der Waals surface area contributed by atoms with E-state index in [1.807, 2.05) is 36.6 Å². The maximum atomic E-state index is 12.2. The molecule has 5 nitrogen and oxygen atoms in total. The minimum absolute atomic E-state index is 0.360. The molecule has 0 radical (unpaired) electrons. The Bertz CT molecular complexity index is 873. The lowest BCUT2D eigenvalue weighted by Crippen LogP contribution is -2.19. The zero-order chi connectivity index (χ0) is 16.2. The zero-order valence-corrected chi connectivity index (χ0v) is 13.2. The molecule has 0 saturated heterocycles. The Morgan fingerprint density at radius 3 is 2.78 bits per heavy atom. The van der Waals surface area contributed by atoms with Crippen molar-refractivity contribution in [2.45, 2.75) is 0 Å². The molecule has 3 aromatic rings. The summed E-state index contributed by atoms with van der Waals surface area (Å²) in [6, 6.07) is 14.2. The van der Waals surface area contributed by atoms with E-state index in [0.29, 0.717) is 22.0 Å². The van der Waals surface area contributed by atoms with Gasteiger partial charge in [-0.15, -0.1) is 11.8 Å². The van der Waals surface area contributed by atoms with Crippen molar-refractivity contribution < 1.29 is 9.21 Å². The van der Waals surface area contributed by atoms with Gasteiger partial charge < -0.3 is 15.1 Å². The van der Waals surface area contributed by atoms with Crippen molar-refractivity contribution in [2.75, 3.05) is 16.9 Å². The molecule has 2 aromatic carbocycles. The molecular formula is C17H15N3O2S. The van der Waals surface area contributed by atoms with Crippen LogP contribution in [-0.4, -0.2) is 17.3 Å². The maximum absolute atomic E-state index is 12.2. The maximum Gasteiger partial charge on any atom is 0.323 e. The van der Waals surface area contributed by atoms with Crippen LogP contribution in [0.3, 0.4) is 0 Å². The van der Waals surface area contributed by atoms with E-state index in [1.165, 1.54) is 11.8 Å². The van der Waals surface area contributed by atoms with Gasteiger partial charge in [-0.05, 0) is 30.5 Å². The number of carbonyl (C=O) groups is 1. The first kappa shape index (κ1) is 15.2. The standard InChI is InChI=1S/C17H15N3O2S/c1-23-16(18)12-5-2-6-13(10-12)19-17(21)20-14-7-3-4-11-8-9-22-15(11)14/h2-10,18H,1H3,(H2,19,20,21). The fourth-order valence-corrected chi connectivity index (χ4v) is 2.59. The van der Waals surface area contributed by atoms with Crippen molar-refractivity contribution in [3.63, 3.8) is 0 Å². The first-order valence-electron chi connectivity index (χ1n) is 6.94. The van der Waals surface area contributed by atoms with Gasteiger partial charge in [-0.1, -0.05) is 24.3 Å². The molecule has 0 aliphatic heterocycles. The van der Waals surface area contributed by atoms with Gasteiger partial charge in [-0.2, -0.15) is 0 Å². The van der Waals surface area contributed by atoms with Crippen molar-refractivity contribution >= 4 is 45.2 Å². The molecule has 3 N–H and O–H groups in total. The number of rotatable bonds is 3. The Balaban J connectivity index is 1.75. The van der Waals surface area contributed by atoms with Crippen molar-refractivity contribution in [3.05, 3.63) is 60.4 Å². The molecule has 0 fully saturated rings. The number of carbonyl (C=O) groups excluding carboxylic acids is 1. The summed E-state index contributed by atoms with van der Waals surface area (Å²) in [5.74, 6) is 0. The summed E-state index contributed by atoms with van der Waals surface area (Å²) < 4.78 is 5.39. The molecule has 0 aliphatic carbocycles. The molecule has 0 atom stereocenters. The number of fused-ring (bicyclic) bond motifs is 1. The Kier molecular flexibility index (Phi) is 4.34. The average Bonchev–Trinajstić information content (AvgIpc) is 3.04. The van der Waals surface area contributed by atoms with E-state index in [2.05, 4.69) is 10.6 Å². The van der Waals surface area contributed by atoms with E-state index >= 15 is 0 Å². The van der Waals surface area contributed by atoms with Crippen LogP contribution < -0.4 is 10.6 Å². The Morgan fingerprint density at radius 1 is 1.13 bits per heavy atom. The lowest BCUT2D eigenvalue weighted by Gasteiger charge is -2.09. The molecule has 0 spiro atoms. The number of benzene rings is 2. The molecule has 0 unspecified atom stereocenters. The quantitative estimate of drug-likeness (QED) is 0.479. The van der Waals surface area contributed by atoms with Gasteiger partial charge in [0.05, 0.1) is 17.0 Å². The number of hydrogen-bond acceptors (Lipinski definition) is 4. The molecule has 23 heavy (non-hydrogen) atoms. The van der Waals surface area contributed by atoms with Gasteiger partial charge in [-0.25, -0.2) is 4.79 Å². The van der Waals surface area contributed by atoms with Crippen LogP contribution in [-0.2, 0) is 0 Å². The van der Waals surface area contributed by atoms with Gasteiger partial charge in [0.25, 0.3) is 0 Å². The predicted molar refractivity (Wildman–Crippen MR) is 95.6 cm³/mol. The normalized spacial score (nSPS) is 10.5.